The molecule has 0 radical (unpaired) electrons. The van der Waals surface area contributed by atoms with Crippen LogP contribution in [-0.2, 0) is 27.2 Å². The van der Waals surface area contributed by atoms with Gasteiger partial charge in [-0.15, -0.1) is 0 Å². The van der Waals surface area contributed by atoms with Crippen LogP contribution in [0.15, 0.2) is 72.8 Å². The van der Waals surface area contributed by atoms with Gasteiger partial charge >= 0.3 is 5.97 Å². The number of benzene rings is 3. The molecule has 0 aliphatic carbocycles. The molecule has 0 heterocycles. The van der Waals surface area contributed by atoms with Gasteiger partial charge in [-0.05, 0) is 54.7 Å². The van der Waals surface area contributed by atoms with Gasteiger partial charge in [0.05, 0.1) is 24.9 Å². The summed E-state index contributed by atoms with van der Waals surface area (Å²) in [7, 11) is 1.51. The molecule has 2 amide bonds. The lowest BCUT2D eigenvalue weighted by molar-refractivity contribution is -0.126. The molecule has 0 saturated heterocycles. The lowest BCUT2D eigenvalue weighted by Gasteiger charge is -2.12. The fourth-order valence-electron chi connectivity index (χ4n) is 3.41. The SMILES string of the molecule is COc1ccc(C)cc1NC(=O)CNC(=O)COC(=O)c1ccccc1CCc1ccccc1. The monoisotopic (exact) mass is 460 g/mol. The Hall–Kier alpha value is -4.13. The van der Waals surface area contributed by atoms with Crippen LogP contribution in [0.4, 0.5) is 5.69 Å². The quantitative estimate of drug-likeness (QED) is 0.450. The second-order valence-corrected chi connectivity index (χ2v) is 7.75. The lowest BCUT2D eigenvalue weighted by atomic mass is 10.00. The third-order valence-corrected chi connectivity index (χ3v) is 5.17. The van der Waals surface area contributed by atoms with Crippen LogP contribution < -0.4 is 15.4 Å². The van der Waals surface area contributed by atoms with Crippen molar-refractivity contribution in [2.45, 2.75) is 19.8 Å². The Bertz CT molecular complexity index is 1140. The molecule has 0 spiro atoms. The van der Waals surface area contributed by atoms with E-state index < -0.39 is 24.4 Å². The zero-order valence-corrected chi connectivity index (χ0v) is 19.3. The smallest absolute Gasteiger partial charge is 0.338 e. The van der Waals surface area contributed by atoms with Crippen LogP contribution in [0.1, 0.15) is 27.0 Å². The molecule has 2 N–H and O–H groups in total. The van der Waals surface area contributed by atoms with Crippen LogP contribution in [0, 0.1) is 6.92 Å². The maximum absolute atomic E-state index is 12.6. The molecule has 0 aliphatic rings. The number of methoxy groups -OCH3 is 1. The highest BCUT2D eigenvalue weighted by molar-refractivity contribution is 5.96. The van der Waals surface area contributed by atoms with Gasteiger partial charge in [0, 0.05) is 0 Å². The number of aryl methyl sites for hydroxylation is 3. The Balaban J connectivity index is 1.47. The second kappa shape index (κ2) is 12.2. The second-order valence-electron chi connectivity index (χ2n) is 7.75. The first kappa shape index (κ1) is 24.5. The maximum atomic E-state index is 12.6. The van der Waals surface area contributed by atoms with E-state index in [1.165, 1.54) is 12.7 Å². The van der Waals surface area contributed by atoms with Crippen molar-refractivity contribution in [3.8, 4) is 5.75 Å². The predicted octanol–water partition coefficient (Wildman–Crippen LogP) is 3.70. The van der Waals surface area contributed by atoms with E-state index in [1.54, 1.807) is 24.3 Å². The largest absolute Gasteiger partial charge is 0.495 e. The van der Waals surface area contributed by atoms with Crippen molar-refractivity contribution in [1.82, 2.24) is 5.32 Å². The summed E-state index contributed by atoms with van der Waals surface area (Å²) in [6.07, 6.45) is 1.45. The van der Waals surface area contributed by atoms with Crippen LogP contribution in [0.5, 0.6) is 5.75 Å². The van der Waals surface area contributed by atoms with Crippen molar-refractivity contribution in [3.05, 3.63) is 95.1 Å². The Morgan fingerprint density at radius 3 is 2.35 bits per heavy atom. The van der Waals surface area contributed by atoms with E-state index in [4.69, 9.17) is 9.47 Å². The molecule has 3 aromatic carbocycles. The summed E-state index contributed by atoms with van der Waals surface area (Å²) in [6.45, 7) is 1.15. The Kier molecular flexibility index (Phi) is 8.80. The molecule has 0 aromatic heterocycles. The summed E-state index contributed by atoms with van der Waals surface area (Å²) in [5.74, 6) is -1.05. The van der Waals surface area contributed by atoms with E-state index in [0.29, 0.717) is 23.4 Å². The Morgan fingerprint density at radius 1 is 0.853 bits per heavy atom. The number of nitrogens with one attached hydrogen (secondary N) is 2. The number of carbonyl (C=O) groups is 3. The van der Waals surface area contributed by atoms with E-state index in [1.807, 2.05) is 55.5 Å². The van der Waals surface area contributed by atoms with Crippen molar-refractivity contribution in [2.75, 3.05) is 25.6 Å². The maximum Gasteiger partial charge on any atom is 0.338 e. The highest BCUT2D eigenvalue weighted by Crippen LogP contribution is 2.24. The van der Waals surface area contributed by atoms with Crippen LogP contribution in [0.2, 0.25) is 0 Å². The van der Waals surface area contributed by atoms with Crippen molar-refractivity contribution in [2.24, 2.45) is 0 Å². The number of ether oxygens (including phenoxy) is 2. The van der Waals surface area contributed by atoms with E-state index in [9.17, 15) is 14.4 Å². The number of hydrogen-bond acceptors (Lipinski definition) is 5. The molecule has 0 fully saturated rings. The molecule has 0 atom stereocenters. The fourth-order valence-corrected chi connectivity index (χ4v) is 3.41. The summed E-state index contributed by atoms with van der Waals surface area (Å²) < 4.78 is 10.4. The van der Waals surface area contributed by atoms with Crippen molar-refractivity contribution >= 4 is 23.5 Å². The van der Waals surface area contributed by atoms with Crippen LogP contribution >= 0.6 is 0 Å². The van der Waals surface area contributed by atoms with E-state index in [0.717, 1.165) is 17.5 Å². The minimum absolute atomic E-state index is 0.263. The molecule has 3 aromatic rings. The van der Waals surface area contributed by atoms with Gasteiger partial charge in [-0.25, -0.2) is 4.79 Å². The molecule has 7 nitrogen and oxygen atoms in total. The number of esters is 1. The average molecular weight is 461 g/mol. The van der Waals surface area contributed by atoms with Gasteiger partial charge in [0.1, 0.15) is 5.75 Å². The van der Waals surface area contributed by atoms with Gasteiger partial charge in [0.25, 0.3) is 5.91 Å². The van der Waals surface area contributed by atoms with Crippen LogP contribution in [-0.4, -0.2) is 38.0 Å². The van der Waals surface area contributed by atoms with E-state index >= 15 is 0 Å². The summed E-state index contributed by atoms with van der Waals surface area (Å²) >= 11 is 0. The van der Waals surface area contributed by atoms with Gasteiger partial charge in [0.2, 0.25) is 5.91 Å². The van der Waals surface area contributed by atoms with Gasteiger partial charge in [0.15, 0.2) is 6.61 Å². The predicted molar refractivity (Wildman–Crippen MR) is 130 cm³/mol. The number of carbonyl (C=O) groups excluding carboxylic acids is 3. The standard InChI is InChI=1S/C27H28N2O5/c1-19-12-15-24(33-2)23(16-19)29-25(30)17-28-26(31)18-34-27(32)22-11-7-6-10-21(22)14-13-20-8-4-3-5-9-20/h3-12,15-16H,13-14,17-18H2,1-2H3,(H,28,31)(H,29,30). The summed E-state index contributed by atoms with van der Waals surface area (Å²) in [5.41, 5.74) is 3.92. The molecular formula is C27H28N2O5. The number of rotatable bonds is 10. The van der Waals surface area contributed by atoms with Crippen LogP contribution in [0.3, 0.4) is 0 Å². The van der Waals surface area contributed by atoms with E-state index in [-0.39, 0.29) is 6.54 Å². The molecule has 0 unspecified atom stereocenters. The van der Waals surface area contributed by atoms with E-state index in [2.05, 4.69) is 10.6 Å². The first-order valence-corrected chi connectivity index (χ1v) is 11.0. The third-order valence-electron chi connectivity index (χ3n) is 5.17. The highest BCUT2D eigenvalue weighted by Gasteiger charge is 2.15. The minimum atomic E-state index is -0.576. The van der Waals surface area contributed by atoms with Gasteiger partial charge in [-0.2, -0.15) is 0 Å². The third kappa shape index (κ3) is 7.20. The van der Waals surface area contributed by atoms with Gasteiger partial charge < -0.3 is 20.1 Å². The molecular weight excluding hydrogens is 432 g/mol. The summed E-state index contributed by atoms with van der Waals surface area (Å²) in [5, 5.41) is 5.15. The van der Waals surface area contributed by atoms with Gasteiger partial charge in [-0.3, -0.25) is 9.59 Å². The molecule has 0 bridgehead atoms. The Labute approximate surface area is 199 Å². The molecule has 34 heavy (non-hydrogen) atoms. The molecule has 3 rings (SSSR count). The molecule has 0 saturated carbocycles. The Morgan fingerprint density at radius 2 is 1.59 bits per heavy atom. The number of anilines is 1. The fraction of sp³-hybridized carbons (Fsp3) is 0.222. The highest BCUT2D eigenvalue weighted by atomic mass is 16.5. The molecule has 176 valence electrons. The number of hydrogen-bond donors (Lipinski definition) is 2. The summed E-state index contributed by atoms with van der Waals surface area (Å²) in [4.78, 5) is 36.9. The topological polar surface area (TPSA) is 93.7 Å². The molecule has 7 heteroatoms. The number of amides is 2. The normalized spacial score (nSPS) is 10.3. The van der Waals surface area contributed by atoms with Crippen molar-refractivity contribution in [1.29, 1.82) is 0 Å². The average Bonchev–Trinajstić information content (AvgIpc) is 2.85. The molecule has 0 aliphatic heterocycles. The zero-order valence-electron chi connectivity index (χ0n) is 19.3. The van der Waals surface area contributed by atoms with Crippen molar-refractivity contribution in [3.63, 3.8) is 0 Å². The van der Waals surface area contributed by atoms with Gasteiger partial charge in [-0.1, -0.05) is 54.6 Å². The first-order chi connectivity index (χ1) is 16.5. The minimum Gasteiger partial charge on any atom is -0.495 e. The lowest BCUT2D eigenvalue weighted by Crippen LogP contribution is -2.35. The van der Waals surface area contributed by atoms with Crippen LogP contribution in [0.25, 0.3) is 0 Å². The zero-order chi connectivity index (χ0) is 24.3. The van der Waals surface area contributed by atoms with Crippen molar-refractivity contribution < 1.29 is 23.9 Å². The summed E-state index contributed by atoms with van der Waals surface area (Å²) in [6, 6.07) is 22.6. The first-order valence-electron chi connectivity index (χ1n) is 11.0.